The Labute approximate surface area is 521 Å². The summed E-state index contributed by atoms with van der Waals surface area (Å²) < 4.78 is 2.67. The molecule has 0 fully saturated rings. The van der Waals surface area contributed by atoms with Crippen molar-refractivity contribution in [2.24, 2.45) is 23.7 Å². The molecule has 0 spiro atoms. The number of anilines is 3. The van der Waals surface area contributed by atoms with E-state index in [1.807, 2.05) is 0 Å². The van der Waals surface area contributed by atoms with Gasteiger partial charge in [-0.15, -0.1) is 0 Å². The molecule has 4 heteroatoms. The van der Waals surface area contributed by atoms with Crippen LogP contribution < -0.4 is 14.7 Å². The van der Waals surface area contributed by atoms with Crippen LogP contribution in [0, 0.1) is 23.7 Å². The molecule has 87 heavy (non-hydrogen) atoms. The highest BCUT2D eigenvalue weighted by Gasteiger charge is 2.39. The fourth-order valence-corrected chi connectivity index (χ4v) is 13.8. The van der Waals surface area contributed by atoms with Gasteiger partial charge >= 0.3 is 0 Å². The third-order valence-electron chi connectivity index (χ3n) is 17.1. The minimum atomic E-state index is -0.0879. The zero-order chi connectivity index (χ0) is 60.2. The SMILES string of the molecule is CC(C)CN(CC(C)C)c1cc(C(c2ccccc2)c2ccccc2)c(N2C=[N+](c3c(C(c4ccccc4)c4ccccc4)cc(N(CC(C)C)CC(C)C)cc3C(c3ccccc3)c3ccccc3)CC2)c(C(c2ccccc2)c2ccccc2)c1. The van der Waals surface area contributed by atoms with Gasteiger partial charge in [0, 0.05) is 83.5 Å². The highest BCUT2D eigenvalue weighted by molar-refractivity contribution is 5.86. The Bertz CT molecular complexity index is 3380. The molecule has 1 aliphatic heterocycles. The average Bonchev–Trinajstić information content (AvgIpc) is 1.83. The molecule has 1 heterocycles. The molecule has 10 aromatic rings. The lowest BCUT2D eigenvalue weighted by Gasteiger charge is -2.33. The second-order valence-electron chi connectivity index (χ2n) is 25.9. The van der Waals surface area contributed by atoms with Gasteiger partial charge in [0.15, 0.2) is 0 Å². The van der Waals surface area contributed by atoms with Crippen LogP contribution in [-0.2, 0) is 0 Å². The van der Waals surface area contributed by atoms with Crippen LogP contribution in [-0.4, -0.2) is 50.2 Å². The third kappa shape index (κ3) is 14.1. The maximum Gasteiger partial charge on any atom is 0.244 e. The van der Waals surface area contributed by atoms with Gasteiger partial charge in [0.1, 0.15) is 24.5 Å². The number of hydrogen-bond donors (Lipinski definition) is 0. The van der Waals surface area contributed by atoms with Crippen molar-refractivity contribution in [2.75, 3.05) is 54.0 Å². The first-order valence-electron chi connectivity index (χ1n) is 32.1. The van der Waals surface area contributed by atoms with Crippen molar-refractivity contribution < 1.29 is 4.58 Å². The lowest BCUT2D eigenvalue weighted by molar-refractivity contribution is -0.425. The van der Waals surface area contributed by atoms with Crippen LogP contribution in [0.25, 0.3) is 0 Å². The first kappa shape index (κ1) is 60.0. The molecule has 4 nitrogen and oxygen atoms in total. The molecule has 0 saturated carbocycles. The summed E-state index contributed by atoms with van der Waals surface area (Å²) in [7, 11) is 0. The van der Waals surface area contributed by atoms with E-state index < -0.39 is 0 Å². The Balaban J connectivity index is 1.29. The van der Waals surface area contributed by atoms with E-state index in [2.05, 4.69) is 348 Å². The second kappa shape index (κ2) is 28.2. The maximum atomic E-state index is 2.69. The van der Waals surface area contributed by atoms with Crippen LogP contribution in [0.3, 0.4) is 0 Å². The topological polar surface area (TPSA) is 12.7 Å². The monoisotopic (exact) mass is 1140 g/mol. The van der Waals surface area contributed by atoms with Crippen molar-refractivity contribution >= 4 is 29.1 Å². The second-order valence-corrected chi connectivity index (χ2v) is 25.9. The van der Waals surface area contributed by atoms with Crippen LogP contribution in [0.2, 0.25) is 0 Å². The molecule has 440 valence electrons. The number of benzene rings is 10. The van der Waals surface area contributed by atoms with E-state index in [0.717, 1.165) is 39.3 Å². The lowest BCUT2D eigenvalue weighted by Crippen LogP contribution is -2.32. The molecule has 0 N–H and O–H groups in total. The first-order valence-corrected chi connectivity index (χ1v) is 32.1. The summed E-state index contributed by atoms with van der Waals surface area (Å²) in [6.07, 6.45) is 2.53. The van der Waals surface area contributed by atoms with Gasteiger partial charge in [-0.3, -0.25) is 0 Å². The predicted octanol–water partition coefficient (Wildman–Crippen LogP) is 19.8. The first-order chi connectivity index (χ1) is 42.5. The summed E-state index contributed by atoms with van der Waals surface area (Å²) in [6, 6.07) is 101. The summed E-state index contributed by atoms with van der Waals surface area (Å²) in [6.45, 7) is 24.3. The molecule has 0 saturated heterocycles. The summed E-state index contributed by atoms with van der Waals surface area (Å²) in [5, 5.41) is 0. The molecule has 0 bridgehead atoms. The Hall–Kier alpha value is -8.73. The van der Waals surface area contributed by atoms with Crippen molar-refractivity contribution in [3.8, 4) is 0 Å². The van der Waals surface area contributed by atoms with Crippen molar-refractivity contribution in [3.63, 3.8) is 0 Å². The van der Waals surface area contributed by atoms with E-state index in [1.165, 1.54) is 89.5 Å². The highest BCUT2D eigenvalue weighted by Crippen LogP contribution is 2.51. The van der Waals surface area contributed by atoms with Gasteiger partial charge in [0.2, 0.25) is 6.34 Å². The van der Waals surface area contributed by atoms with E-state index >= 15 is 0 Å². The van der Waals surface area contributed by atoms with Gasteiger partial charge in [0.05, 0.1) is 0 Å². The Morgan fingerprint density at radius 2 is 0.529 bits per heavy atom. The lowest BCUT2D eigenvalue weighted by atomic mass is 9.78. The molecule has 11 rings (SSSR count). The van der Waals surface area contributed by atoms with E-state index in [1.54, 1.807) is 0 Å². The molecule has 10 aromatic carbocycles. The zero-order valence-corrected chi connectivity index (χ0v) is 52.6. The summed E-state index contributed by atoms with van der Waals surface area (Å²) in [5.41, 5.74) is 20.5. The minimum Gasteiger partial charge on any atom is -0.371 e. The molecule has 0 aliphatic carbocycles. The highest BCUT2D eigenvalue weighted by atomic mass is 15.3. The molecule has 0 atom stereocenters. The van der Waals surface area contributed by atoms with E-state index in [4.69, 9.17) is 0 Å². The number of hydrogen-bond acceptors (Lipinski definition) is 3. The molecular weight excluding hydrogens is 1050 g/mol. The molecule has 0 amide bonds. The Kier molecular flexibility index (Phi) is 19.4. The third-order valence-corrected chi connectivity index (χ3v) is 17.1. The van der Waals surface area contributed by atoms with Gasteiger partial charge in [-0.25, -0.2) is 9.48 Å². The van der Waals surface area contributed by atoms with Crippen LogP contribution in [0.15, 0.2) is 267 Å². The fraction of sp³-hybridized carbons (Fsp3) is 0.265. The Morgan fingerprint density at radius 3 is 0.759 bits per heavy atom. The molecular formula is C83H89N4+. The average molecular weight is 1140 g/mol. The van der Waals surface area contributed by atoms with Crippen LogP contribution >= 0.6 is 0 Å². The van der Waals surface area contributed by atoms with Crippen molar-refractivity contribution in [2.45, 2.75) is 79.1 Å². The van der Waals surface area contributed by atoms with Gasteiger partial charge in [-0.2, -0.15) is 0 Å². The number of rotatable bonds is 24. The van der Waals surface area contributed by atoms with Gasteiger partial charge in [0.25, 0.3) is 0 Å². The van der Waals surface area contributed by atoms with E-state index in [0.29, 0.717) is 23.7 Å². The van der Waals surface area contributed by atoms with E-state index in [9.17, 15) is 0 Å². The van der Waals surface area contributed by atoms with Gasteiger partial charge < -0.3 is 9.80 Å². The van der Waals surface area contributed by atoms with Crippen molar-refractivity contribution in [1.82, 2.24) is 0 Å². The van der Waals surface area contributed by atoms with Crippen LogP contribution in [0.1, 0.15) is 146 Å². The Morgan fingerprint density at radius 1 is 0.310 bits per heavy atom. The molecule has 0 radical (unpaired) electrons. The minimum absolute atomic E-state index is 0.0879. The quantitative estimate of drug-likeness (QED) is 0.0442. The van der Waals surface area contributed by atoms with Crippen LogP contribution in [0.5, 0.6) is 0 Å². The van der Waals surface area contributed by atoms with Gasteiger partial charge in [-0.1, -0.05) is 298 Å². The summed E-state index contributed by atoms with van der Waals surface area (Å²) in [5.74, 6) is 1.47. The van der Waals surface area contributed by atoms with Crippen molar-refractivity contribution in [3.05, 3.63) is 334 Å². The largest absolute Gasteiger partial charge is 0.371 e. The predicted molar refractivity (Wildman–Crippen MR) is 370 cm³/mol. The standard InChI is InChI=1S/C83H89N4/c1-60(2)55-86(56-61(3)4)72-51-74(78(64-33-17-9-18-34-64)65-35-19-10-20-36-65)82(75(52-72)79(66-37-21-11-22-38-66)67-39-23-12-24-40-67)84-49-50-85(59-84)83-76(80(68-41-25-13-26-42-68)69-43-27-14-28-44-69)53-73(87(57-62(5)6)58-63(7)8)54-77(83)81(70-45-29-15-30-46-70)71-47-31-16-32-48-71/h9-48,51-54,59-63,78-81H,49-50,55-58H2,1-8H3/q+1. The van der Waals surface area contributed by atoms with Crippen LogP contribution in [0.4, 0.5) is 22.7 Å². The van der Waals surface area contributed by atoms with E-state index in [-0.39, 0.29) is 23.7 Å². The normalized spacial score (nSPS) is 12.6. The zero-order valence-electron chi connectivity index (χ0n) is 52.6. The molecule has 1 aliphatic rings. The fourth-order valence-electron chi connectivity index (χ4n) is 13.8. The maximum absolute atomic E-state index is 2.69. The number of nitrogens with zero attached hydrogens (tertiary/aromatic N) is 4. The molecule has 0 unspecified atom stereocenters. The van der Waals surface area contributed by atoms with Gasteiger partial charge in [-0.05, 0) is 92.4 Å². The smallest absolute Gasteiger partial charge is 0.244 e. The van der Waals surface area contributed by atoms with Crippen molar-refractivity contribution in [1.29, 1.82) is 0 Å². The summed E-state index contributed by atoms with van der Waals surface area (Å²) in [4.78, 5) is 8.05. The summed E-state index contributed by atoms with van der Waals surface area (Å²) >= 11 is 0. The molecule has 0 aromatic heterocycles.